The van der Waals surface area contributed by atoms with Crippen LogP contribution < -0.4 is 11.0 Å². The van der Waals surface area contributed by atoms with E-state index in [1.165, 1.54) is 4.57 Å². The van der Waals surface area contributed by atoms with Gasteiger partial charge in [-0.15, -0.1) is 0 Å². The number of nitrogens with one attached hydrogen (secondary N) is 1. The van der Waals surface area contributed by atoms with Crippen molar-refractivity contribution < 1.29 is 23.3 Å². The van der Waals surface area contributed by atoms with Crippen LogP contribution in [0.4, 0.5) is 5.82 Å². The van der Waals surface area contributed by atoms with Crippen LogP contribution in [0, 0.1) is 13.5 Å². The molecule has 218 valence electrons. The van der Waals surface area contributed by atoms with E-state index in [0.29, 0.717) is 17.5 Å². The fourth-order valence-corrected chi connectivity index (χ4v) is 6.44. The third-order valence-corrected chi connectivity index (χ3v) is 8.63. The molecule has 0 radical (unpaired) electrons. The second-order valence-electron chi connectivity index (χ2n) is 10.0. The second kappa shape index (κ2) is 14.8. The Balaban J connectivity index is 1.89. The molecule has 1 amide bonds. The molecular weight excluding hydrogens is 533 g/mol. The molecule has 0 saturated carbocycles. The van der Waals surface area contributed by atoms with Gasteiger partial charge in [0, 0.05) is 36.5 Å². The molecule has 0 aliphatic carbocycles. The highest BCUT2D eigenvalue weighted by Crippen LogP contribution is 2.50. The van der Waals surface area contributed by atoms with Crippen LogP contribution in [0.15, 0.2) is 41.3 Å². The molecule has 1 saturated heterocycles. The first-order chi connectivity index (χ1) is 19.1. The van der Waals surface area contributed by atoms with E-state index in [4.69, 9.17) is 25.1 Å². The van der Waals surface area contributed by atoms with Crippen molar-refractivity contribution in [2.75, 3.05) is 25.6 Å². The topological polar surface area (TPSA) is 109 Å². The van der Waals surface area contributed by atoms with Crippen LogP contribution in [0.3, 0.4) is 0 Å². The molecule has 1 aliphatic rings. The SMILES string of the molecule is [C-]#[N+]CCOP(O[C@H]1[C@@H](OC)[C@H](n2cc(C)c(NC(=O)c3ccccc3)nc2=O)O[C@@H]1CC)N(C(C)C)C(C)C. The molecule has 2 aromatic rings. The van der Waals surface area contributed by atoms with Crippen molar-refractivity contribution in [2.45, 2.75) is 84.6 Å². The first-order valence-corrected chi connectivity index (χ1v) is 14.6. The number of ether oxygens (including phenoxy) is 2. The molecule has 1 aliphatic heterocycles. The average Bonchev–Trinajstić information content (AvgIpc) is 3.27. The molecule has 3 rings (SSSR count). The molecule has 5 atom stereocenters. The molecule has 1 aromatic heterocycles. The van der Waals surface area contributed by atoms with Gasteiger partial charge in [0.15, 0.2) is 6.23 Å². The van der Waals surface area contributed by atoms with Crippen LogP contribution in [-0.4, -0.2) is 70.8 Å². The number of methoxy groups -OCH3 is 1. The summed E-state index contributed by atoms with van der Waals surface area (Å²) in [6.07, 6.45) is -0.125. The number of amides is 1. The number of rotatable bonds is 13. The average molecular weight is 574 g/mol. The van der Waals surface area contributed by atoms with Crippen LogP contribution in [0.25, 0.3) is 4.85 Å². The van der Waals surface area contributed by atoms with Gasteiger partial charge in [0.1, 0.15) is 24.6 Å². The van der Waals surface area contributed by atoms with Gasteiger partial charge in [-0.3, -0.25) is 9.36 Å². The lowest BCUT2D eigenvalue weighted by atomic mass is 10.1. The molecule has 1 unspecified atom stereocenters. The van der Waals surface area contributed by atoms with Crippen molar-refractivity contribution in [1.82, 2.24) is 14.2 Å². The number of aromatic nitrogens is 2. The maximum atomic E-state index is 13.2. The van der Waals surface area contributed by atoms with Gasteiger partial charge < -0.3 is 28.7 Å². The van der Waals surface area contributed by atoms with Crippen molar-refractivity contribution in [3.63, 3.8) is 0 Å². The van der Waals surface area contributed by atoms with Gasteiger partial charge in [-0.05, 0) is 53.2 Å². The van der Waals surface area contributed by atoms with Crippen molar-refractivity contribution in [2.24, 2.45) is 0 Å². The fourth-order valence-electron chi connectivity index (χ4n) is 4.68. The second-order valence-corrected chi connectivity index (χ2v) is 11.5. The number of hydrogen-bond acceptors (Lipinski definition) is 8. The number of hydrogen-bond donors (Lipinski definition) is 1. The minimum absolute atomic E-state index is 0.131. The zero-order valence-electron chi connectivity index (χ0n) is 24.2. The summed E-state index contributed by atoms with van der Waals surface area (Å²) >= 11 is 0. The molecule has 12 heteroatoms. The number of carbonyl (C=O) groups excluding carboxylic acids is 1. The Hall–Kier alpha value is -2.71. The summed E-state index contributed by atoms with van der Waals surface area (Å²) in [6, 6.07) is 8.99. The molecule has 0 spiro atoms. The third-order valence-electron chi connectivity index (χ3n) is 6.50. The summed E-state index contributed by atoms with van der Waals surface area (Å²) in [4.78, 5) is 33.4. The lowest BCUT2D eigenvalue weighted by molar-refractivity contribution is -0.0539. The summed E-state index contributed by atoms with van der Waals surface area (Å²) < 4.78 is 28.5. The van der Waals surface area contributed by atoms with Crippen molar-refractivity contribution in [3.05, 3.63) is 69.6 Å². The zero-order valence-corrected chi connectivity index (χ0v) is 25.1. The maximum absolute atomic E-state index is 13.2. The smallest absolute Gasteiger partial charge is 0.351 e. The third kappa shape index (κ3) is 7.52. The lowest BCUT2D eigenvalue weighted by Gasteiger charge is -2.38. The van der Waals surface area contributed by atoms with Crippen LogP contribution >= 0.6 is 8.53 Å². The Labute approximate surface area is 237 Å². The molecule has 2 heterocycles. The fraction of sp³-hybridized carbons (Fsp3) is 0.571. The highest BCUT2D eigenvalue weighted by molar-refractivity contribution is 7.44. The zero-order chi connectivity index (χ0) is 29.4. The Morgan fingerprint density at radius 2 is 1.90 bits per heavy atom. The molecule has 1 aromatic carbocycles. The Morgan fingerprint density at radius 3 is 2.48 bits per heavy atom. The van der Waals surface area contributed by atoms with Gasteiger partial charge in [0.2, 0.25) is 6.54 Å². The minimum atomic E-state index is -1.55. The highest BCUT2D eigenvalue weighted by Gasteiger charge is 2.49. The van der Waals surface area contributed by atoms with Crippen molar-refractivity contribution in [3.8, 4) is 0 Å². The normalized spacial score (nSPS) is 21.6. The van der Waals surface area contributed by atoms with Crippen LogP contribution in [0.2, 0.25) is 0 Å². The quantitative estimate of drug-likeness (QED) is 0.207. The molecule has 0 bridgehead atoms. The number of aryl methyl sites for hydroxylation is 1. The summed E-state index contributed by atoms with van der Waals surface area (Å²) in [5.74, 6) is -0.172. The van der Waals surface area contributed by atoms with Gasteiger partial charge in [0.25, 0.3) is 14.4 Å². The number of nitrogens with zero attached hydrogens (tertiary/aromatic N) is 4. The lowest BCUT2D eigenvalue weighted by Crippen LogP contribution is -2.40. The summed E-state index contributed by atoms with van der Waals surface area (Å²) in [5.41, 5.74) is 0.470. The maximum Gasteiger partial charge on any atom is 0.351 e. The molecule has 11 nitrogen and oxygen atoms in total. The predicted octanol–water partition coefficient (Wildman–Crippen LogP) is 4.79. The van der Waals surface area contributed by atoms with Gasteiger partial charge in [-0.2, -0.15) is 4.98 Å². The van der Waals surface area contributed by atoms with Gasteiger partial charge in [0.05, 0.1) is 6.10 Å². The van der Waals surface area contributed by atoms with E-state index < -0.39 is 32.7 Å². The van der Waals surface area contributed by atoms with E-state index >= 15 is 0 Å². The van der Waals surface area contributed by atoms with E-state index in [-0.39, 0.29) is 43.1 Å². The number of carbonyl (C=O) groups is 1. The van der Waals surface area contributed by atoms with Gasteiger partial charge in [-0.25, -0.2) is 16.0 Å². The van der Waals surface area contributed by atoms with E-state index in [1.807, 2.05) is 13.0 Å². The van der Waals surface area contributed by atoms with E-state index in [1.54, 1.807) is 44.5 Å². The minimum Gasteiger partial charge on any atom is -0.374 e. The van der Waals surface area contributed by atoms with E-state index in [9.17, 15) is 9.59 Å². The summed E-state index contributed by atoms with van der Waals surface area (Å²) in [5, 5.41) is 2.72. The van der Waals surface area contributed by atoms with Gasteiger partial charge in [-0.1, -0.05) is 25.1 Å². The number of benzene rings is 1. The van der Waals surface area contributed by atoms with E-state index in [0.717, 1.165) is 0 Å². The first-order valence-electron chi connectivity index (χ1n) is 13.5. The monoisotopic (exact) mass is 573 g/mol. The highest BCUT2D eigenvalue weighted by atomic mass is 31.2. The van der Waals surface area contributed by atoms with Crippen molar-refractivity contribution in [1.29, 1.82) is 0 Å². The van der Waals surface area contributed by atoms with Crippen molar-refractivity contribution >= 4 is 20.3 Å². The molecule has 1 N–H and O–H groups in total. The Morgan fingerprint density at radius 1 is 1.23 bits per heavy atom. The molecular formula is C28H40N5O6P. The van der Waals surface area contributed by atoms with Gasteiger partial charge >= 0.3 is 5.69 Å². The molecule has 1 fully saturated rings. The largest absolute Gasteiger partial charge is 0.374 e. The predicted molar refractivity (Wildman–Crippen MR) is 154 cm³/mol. The van der Waals surface area contributed by atoms with Crippen LogP contribution in [0.5, 0.6) is 0 Å². The summed E-state index contributed by atoms with van der Waals surface area (Å²) in [6.45, 7) is 19.6. The number of anilines is 1. The van der Waals surface area contributed by atoms with Crippen LogP contribution in [-0.2, 0) is 18.5 Å². The first kappa shape index (κ1) is 31.8. The Bertz CT molecular complexity index is 1210. The Kier molecular flexibility index (Phi) is 11.8. The summed E-state index contributed by atoms with van der Waals surface area (Å²) in [7, 11) is 0.00553. The van der Waals surface area contributed by atoms with Crippen LogP contribution in [0.1, 0.15) is 63.2 Å². The standard InChI is InChI=1S/C28H40N5O6P/c1-9-22-23(39-40(37-16-15-29-7)33(18(2)3)19(4)5)24(36-8)27(38-22)32-17-20(6)25(31-28(32)35)30-26(34)21-13-11-10-12-14-21/h10-14,17-19,22-24,27H,9,15-16H2,1-6,8H3,(H,30,31,34,35)/t22-,23-,24-,27-,40?/m1/s1. The molecule has 40 heavy (non-hydrogen) atoms. The van der Waals surface area contributed by atoms with E-state index in [2.05, 4.69) is 47.5 Å².